The highest BCUT2D eigenvalue weighted by atomic mass is 35.5. The summed E-state index contributed by atoms with van der Waals surface area (Å²) in [5.41, 5.74) is 3.28. The van der Waals surface area contributed by atoms with Crippen molar-refractivity contribution in [2.75, 3.05) is 12.4 Å². The highest BCUT2D eigenvalue weighted by Crippen LogP contribution is 2.30. The van der Waals surface area contributed by atoms with Crippen LogP contribution in [0.2, 0.25) is 5.02 Å². The van der Waals surface area contributed by atoms with Crippen LogP contribution >= 0.6 is 11.6 Å². The zero-order valence-electron chi connectivity index (χ0n) is 14.3. The van der Waals surface area contributed by atoms with E-state index >= 15 is 0 Å². The summed E-state index contributed by atoms with van der Waals surface area (Å²) in [7, 11) is 1.48. The lowest BCUT2D eigenvalue weighted by molar-refractivity contribution is -0.135. The number of rotatable bonds is 4. The molecule has 1 aliphatic rings. The maximum absolute atomic E-state index is 12.5. The van der Waals surface area contributed by atoms with Gasteiger partial charge < -0.3 is 5.32 Å². The van der Waals surface area contributed by atoms with E-state index in [1.165, 1.54) is 12.6 Å². The van der Waals surface area contributed by atoms with Gasteiger partial charge >= 0.3 is 0 Å². The molecule has 1 heterocycles. The Morgan fingerprint density at radius 3 is 2.08 bits per heavy atom. The van der Waals surface area contributed by atoms with Gasteiger partial charge in [-0.3, -0.25) is 14.5 Å². The highest BCUT2D eigenvalue weighted by Gasteiger charge is 2.36. The molecule has 5 heteroatoms. The first-order valence-corrected chi connectivity index (χ1v) is 8.46. The fourth-order valence-corrected chi connectivity index (χ4v) is 2.86. The molecule has 2 amide bonds. The molecule has 3 rings (SSSR count). The van der Waals surface area contributed by atoms with Crippen molar-refractivity contribution in [2.24, 2.45) is 0 Å². The third-order valence-electron chi connectivity index (χ3n) is 4.27. The highest BCUT2D eigenvalue weighted by molar-refractivity contribution is 6.36. The van der Waals surface area contributed by atoms with Crippen LogP contribution in [-0.2, 0) is 9.59 Å². The van der Waals surface area contributed by atoms with E-state index in [-0.39, 0.29) is 17.5 Å². The summed E-state index contributed by atoms with van der Waals surface area (Å²) in [5.74, 6) is -0.241. The second-order valence-corrected chi connectivity index (χ2v) is 6.76. The van der Waals surface area contributed by atoms with E-state index in [4.69, 9.17) is 11.6 Å². The molecule has 0 saturated heterocycles. The number of likely N-dealkylation sites (N-methyl/N-ethyl adjacent to an activating group) is 1. The monoisotopic (exact) mass is 354 g/mol. The fourth-order valence-electron chi connectivity index (χ4n) is 2.74. The summed E-state index contributed by atoms with van der Waals surface area (Å²) >= 11 is 5.92. The molecule has 0 fully saturated rings. The Morgan fingerprint density at radius 1 is 0.920 bits per heavy atom. The molecule has 0 aliphatic carbocycles. The van der Waals surface area contributed by atoms with Crippen molar-refractivity contribution in [3.8, 4) is 0 Å². The summed E-state index contributed by atoms with van der Waals surface area (Å²) in [6.07, 6.45) is 0. The van der Waals surface area contributed by atoms with Gasteiger partial charge in [0.2, 0.25) is 0 Å². The minimum Gasteiger partial charge on any atom is -0.350 e. The van der Waals surface area contributed by atoms with E-state index in [0.717, 1.165) is 10.6 Å². The maximum Gasteiger partial charge on any atom is 0.277 e. The van der Waals surface area contributed by atoms with Crippen LogP contribution in [0, 0.1) is 0 Å². The summed E-state index contributed by atoms with van der Waals surface area (Å²) in [6, 6.07) is 14.7. The van der Waals surface area contributed by atoms with Crippen LogP contribution < -0.4 is 5.32 Å². The van der Waals surface area contributed by atoms with Gasteiger partial charge in [-0.2, -0.15) is 0 Å². The molecule has 0 spiro atoms. The molecule has 4 nitrogen and oxygen atoms in total. The third-order valence-corrected chi connectivity index (χ3v) is 4.52. The minimum absolute atomic E-state index is 0.284. The van der Waals surface area contributed by atoms with Crippen LogP contribution in [-0.4, -0.2) is 23.8 Å². The second-order valence-electron chi connectivity index (χ2n) is 6.33. The zero-order valence-corrected chi connectivity index (χ0v) is 15.1. The fraction of sp³-hybridized carbons (Fsp3) is 0.200. The number of hydrogen-bond donors (Lipinski definition) is 1. The van der Waals surface area contributed by atoms with Gasteiger partial charge in [0.25, 0.3) is 11.8 Å². The molecular weight excluding hydrogens is 336 g/mol. The average molecular weight is 355 g/mol. The quantitative estimate of drug-likeness (QED) is 0.833. The number of nitrogens with zero attached hydrogens (tertiary/aromatic N) is 1. The largest absolute Gasteiger partial charge is 0.350 e. The molecule has 25 heavy (non-hydrogen) atoms. The normalized spacial score (nSPS) is 14.7. The Hall–Kier alpha value is -2.59. The number of nitrogens with one attached hydrogen (secondary N) is 1. The molecule has 0 bridgehead atoms. The Morgan fingerprint density at radius 2 is 1.52 bits per heavy atom. The Balaban J connectivity index is 2.00. The lowest BCUT2D eigenvalue weighted by Gasteiger charge is -2.11. The van der Waals surface area contributed by atoms with Crippen LogP contribution in [0.15, 0.2) is 54.2 Å². The second kappa shape index (κ2) is 6.73. The van der Waals surface area contributed by atoms with Crippen LogP contribution in [0.3, 0.4) is 0 Å². The zero-order chi connectivity index (χ0) is 18.1. The molecule has 0 unspecified atom stereocenters. The Bertz CT molecular complexity index is 852. The smallest absolute Gasteiger partial charge is 0.277 e. The van der Waals surface area contributed by atoms with Crippen molar-refractivity contribution in [2.45, 2.75) is 19.8 Å². The van der Waals surface area contributed by atoms with Gasteiger partial charge in [0.05, 0.1) is 5.57 Å². The third kappa shape index (κ3) is 3.30. The topological polar surface area (TPSA) is 49.4 Å². The van der Waals surface area contributed by atoms with Gasteiger partial charge in [-0.15, -0.1) is 0 Å². The average Bonchev–Trinajstić information content (AvgIpc) is 2.80. The van der Waals surface area contributed by atoms with Crippen LogP contribution in [0.5, 0.6) is 0 Å². The van der Waals surface area contributed by atoms with E-state index in [1.807, 2.05) is 24.3 Å². The number of carbonyl (C=O) groups is 2. The van der Waals surface area contributed by atoms with E-state index < -0.39 is 0 Å². The van der Waals surface area contributed by atoms with Crippen molar-refractivity contribution in [1.29, 1.82) is 0 Å². The van der Waals surface area contributed by atoms with Crippen molar-refractivity contribution in [1.82, 2.24) is 4.90 Å². The number of anilines is 1. The van der Waals surface area contributed by atoms with Gasteiger partial charge in [-0.05, 0) is 41.3 Å². The number of hydrogen-bond acceptors (Lipinski definition) is 3. The van der Waals surface area contributed by atoms with Gasteiger partial charge in [0.15, 0.2) is 0 Å². The van der Waals surface area contributed by atoms with Gasteiger partial charge in [0.1, 0.15) is 5.70 Å². The predicted octanol–water partition coefficient (Wildman–Crippen LogP) is 4.29. The molecule has 0 saturated carbocycles. The van der Waals surface area contributed by atoms with E-state index in [2.05, 4.69) is 19.2 Å². The first kappa shape index (κ1) is 17.2. The Labute approximate surface area is 152 Å². The first-order chi connectivity index (χ1) is 11.9. The molecule has 2 aromatic rings. The number of carbonyl (C=O) groups excluding carboxylic acids is 2. The number of amides is 2. The molecule has 128 valence electrons. The standard InChI is InChI=1S/C20H19ClN2O2/c1-12(2)13-6-10-16(11-7-13)22-18-17(19(24)23(3)20(18)25)14-4-8-15(21)9-5-14/h4-12,22H,1-3H3. The molecule has 0 radical (unpaired) electrons. The SMILES string of the molecule is CC(C)c1ccc(NC2=C(c3ccc(Cl)cc3)C(=O)N(C)C2=O)cc1. The minimum atomic E-state index is -0.345. The van der Waals surface area contributed by atoms with E-state index in [0.29, 0.717) is 22.1 Å². The Kier molecular flexibility index (Phi) is 4.64. The van der Waals surface area contributed by atoms with Crippen molar-refractivity contribution in [3.05, 3.63) is 70.4 Å². The molecule has 1 N–H and O–H groups in total. The maximum atomic E-state index is 12.5. The van der Waals surface area contributed by atoms with Crippen LogP contribution in [0.25, 0.3) is 5.57 Å². The van der Waals surface area contributed by atoms with E-state index in [1.54, 1.807) is 24.3 Å². The molecular formula is C20H19ClN2O2. The number of halogens is 1. The number of benzene rings is 2. The van der Waals surface area contributed by atoms with Crippen molar-refractivity contribution < 1.29 is 9.59 Å². The van der Waals surface area contributed by atoms with Crippen molar-refractivity contribution in [3.63, 3.8) is 0 Å². The summed E-state index contributed by atoms with van der Waals surface area (Å²) in [6.45, 7) is 4.25. The molecule has 0 aromatic heterocycles. The lowest BCUT2D eigenvalue weighted by atomic mass is 10.0. The summed E-state index contributed by atoms with van der Waals surface area (Å²) < 4.78 is 0. The van der Waals surface area contributed by atoms with Crippen LogP contribution in [0.1, 0.15) is 30.9 Å². The molecule has 0 atom stereocenters. The predicted molar refractivity (Wildman–Crippen MR) is 100 cm³/mol. The van der Waals surface area contributed by atoms with Gasteiger partial charge in [0, 0.05) is 17.8 Å². The number of imide groups is 1. The summed E-state index contributed by atoms with van der Waals surface area (Å²) in [5, 5.41) is 3.69. The van der Waals surface area contributed by atoms with Crippen LogP contribution in [0.4, 0.5) is 5.69 Å². The van der Waals surface area contributed by atoms with Crippen molar-refractivity contribution >= 4 is 34.7 Å². The molecule has 2 aromatic carbocycles. The van der Waals surface area contributed by atoms with E-state index in [9.17, 15) is 9.59 Å². The van der Waals surface area contributed by atoms with Gasteiger partial charge in [-0.1, -0.05) is 49.7 Å². The van der Waals surface area contributed by atoms with Gasteiger partial charge in [-0.25, -0.2) is 0 Å². The lowest BCUT2D eigenvalue weighted by Crippen LogP contribution is -2.27. The summed E-state index contributed by atoms with van der Waals surface area (Å²) in [4.78, 5) is 26.1. The first-order valence-electron chi connectivity index (χ1n) is 8.08. The molecule has 1 aliphatic heterocycles.